The van der Waals surface area contributed by atoms with Gasteiger partial charge in [-0.2, -0.15) is 0 Å². The highest BCUT2D eigenvalue weighted by Gasteiger charge is 2.22. The molecule has 4 nitrogen and oxygen atoms in total. The van der Waals surface area contributed by atoms with Crippen LogP contribution in [0.5, 0.6) is 17.2 Å². The van der Waals surface area contributed by atoms with Gasteiger partial charge in [-0.15, -0.1) is 0 Å². The molecule has 0 atom stereocenters. The number of hydrogen-bond acceptors (Lipinski definition) is 4. The number of para-hydroxylation sites is 1. The number of hydrogen-bond donors (Lipinski definition) is 2. The molecule has 2 N–H and O–H groups in total. The fourth-order valence-electron chi connectivity index (χ4n) is 2.43. The summed E-state index contributed by atoms with van der Waals surface area (Å²) < 4.78 is 5.26. The van der Waals surface area contributed by atoms with Crippen molar-refractivity contribution in [2.24, 2.45) is 0 Å². The van der Waals surface area contributed by atoms with Crippen molar-refractivity contribution < 1.29 is 19.7 Å². The fourth-order valence-corrected chi connectivity index (χ4v) is 2.43. The van der Waals surface area contributed by atoms with Crippen molar-refractivity contribution in [1.29, 1.82) is 0 Å². The van der Waals surface area contributed by atoms with Crippen LogP contribution in [0, 0.1) is 6.92 Å². The van der Waals surface area contributed by atoms with Gasteiger partial charge in [0.25, 0.3) is 0 Å². The van der Waals surface area contributed by atoms with E-state index in [-0.39, 0.29) is 22.6 Å². The van der Waals surface area contributed by atoms with E-state index in [1.165, 1.54) is 0 Å². The topological polar surface area (TPSA) is 66.8 Å². The number of esters is 1. The molecular formula is C18H14O4. The fraction of sp³-hybridized carbons (Fsp3) is 0.0556. The van der Waals surface area contributed by atoms with Crippen molar-refractivity contribution in [2.45, 2.75) is 6.92 Å². The SMILES string of the molecule is Cc1c(C(=O)Oc2ccccc2)c(O)c2ccccc2c1O. The molecule has 0 aliphatic heterocycles. The summed E-state index contributed by atoms with van der Waals surface area (Å²) >= 11 is 0. The van der Waals surface area contributed by atoms with Crippen LogP contribution >= 0.6 is 0 Å². The third-order valence-corrected chi connectivity index (χ3v) is 3.56. The van der Waals surface area contributed by atoms with Crippen LogP contribution in [0.15, 0.2) is 54.6 Å². The molecule has 0 radical (unpaired) electrons. The summed E-state index contributed by atoms with van der Waals surface area (Å²) in [4.78, 5) is 12.4. The van der Waals surface area contributed by atoms with E-state index in [0.717, 1.165) is 0 Å². The van der Waals surface area contributed by atoms with E-state index >= 15 is 0 Å². The Hall–Kier alpha value is -3.01. The number of aromatic hydroxyl groups is 2. The molecule has 0 spiro atoms. The summed E-state index contributed by atoms with van der Waals surface area (Å²) in [6.45, 7) is 1.57. The third-order valence-electron chi connectivity index (χ3n) is 3.56. The molecule has 0 bridgehead atoms. The van der Waals surface area contributed by atoms with Gasteiger partial charge in [0.15, 0.2) is 0 Å². The molecule has 3 rings (SSSR count). The summed E-state index contributed by atoms with van der Waals surface area (Å²) in [5.41, 5.74) is 0.261. The van der Waals surface area contributed by atoms with Crippen molar-refractivity contribution >= 4 is 16.7 Å². The molecule has 0 fully saturated rings. The van der Waals surface area contributed by atoms with E-state index in [9.17, 15) is 15.0 Å². The molecule has 110 valence electrons. The second-order valence-electron chi connectivity index (χ2n) is 4.95. The zero-order chi connectivity index (χ0) is 15.7. The predicted molar refractivity (Wildman–Crippen MR) is 83.4 cm³/mol. The highest BCUT2D eigenvalue weighted by Crippen LogP contribution is 2.39. The van der Waals surface area contributed by atoms with Gasteiger partial charge in [0.2, 0.25) is 0 Å². The molecule has 0 saturated carbocycles. The third kappa shape index (κ3) is 2.24. The molecule has 0 amide bonds. The maximum Gasteiger partial charge on any atom is 0.347 e. The minimum Gasteiger partial charge on any atom is -0.507 e. The lowest BCUT2D eigenvalue weighted by Crippen LogP contribution is -2.11. The van der Waals surface area contributed by atoms with Gasteiger partial charge in [-0.1, -0.05) is 42.5 Å². The van der Waals surface area contributed by atoms with Crippen LogP contribution in [0.25, 0.3) is 10.8 Å². The van der Waals surface area contributed by atoms with E-state index < -0.39 is 5.97 Å². The Kier molecular flexibility index (Phi) is 3.43. The number of phenolic OH excluding ortho intramolecular Hbond substituents is 2. The van der Waals surface area contributed by atoms with Crippen LogP contribution in [0.4, 0.5) is 0 Å². The van der Waals surface area contributed by atoms with Crippen LogP contribution in [-0.2, 0) is 0 Å². The van der Waals surface area contributed by atoms with Gasteiger partial charge in [0.05, 0.1) is 0 Å². The molecule has 0 unspecified atom stereocenters. The summed E-state index contributed by atoms with van der Waals surface area (Å²) in [6.07, 6.45) is 0. The Bertz CT molecular complexity index is 854. The molecule has 3 aromatic rings. The maximum atomic E-state index is 12.4. The monoisotopic (exact) mass is 294 g/mol. The Labute approximate surface area is 127 Å². The first-order chi connectivity index (χ1) is 10.6. The largest absolute Gasteiger partial charge is 0.507 e. The summed E-state index contributed by atoms with van der Waals surface area (Å²) in [5, 5.41) is 21.6. The predicted octanol–water partition coefficient (Wildman–Crippen LogP) is 3.78. The maximum absolute atomic E-state index is 12.4. The van der Waals surface area contributed by atoms with Crippen molar-refractivity contribution in [1.82, 2.24) is 0 Å². The number of benzene rings is 3. The number of rotatable bonds is 2. The minimum atomic E-state index is -0.706. The van der Waals surface area contributed by atoms with Gasteiger partial charge < -0.3 is 14.9 Å². The molecule has 0 heterocycles. The molecule has 0 saturated heterocycles. The number of phenols is 2. The number of carbonyl (C=O) groups is 1. The first-order valence-corrected chi connectivity index (χ1v) is 6.80. The van der Waals surface area contributed by atoms with Crippen molar-refractivity contribution in [2.75, 3.05) is 0 Å². The first-order valence-electron chi connectivity index (χ1n) is 6.80. The van der Waals surface area contributed by atoms with Crippen LogP contribution in [0.3, 0.4) is 0 Å². The lowest BCUT2D eigenvalue weighted by Gasteiger charge is -2.13. The molecule has 3 aromatic carbocycles. The lowest BCUT2D eigenvalue weighted by atomic mass is 9.98. The van der Waals surface area contributed by atoms with Crippen molar-refractivity contribution in [3.8, 4) is 17.2 Å². The quantitative estimate of drug-likeness (QED) is 0.429. The Morgan fingerprint density at radius 3 is 2.05 bits per heavy atom. The van der Waals surface area contributed by atoms with Gasteiger partial charge >= 0.3 is 5.97 Å². The number of ether oxygens (including phenoxy) is 1. The highest BCUT2D eigenvalue weighted by molar-refractivity contribution is 6.06. The van der Waals surface area contributed by atoms with Gasteiger partial charge in [-0.25, -0.2) is 4.79 Å². The van der Waals surface area contributed by atoms with E-state index in [4.69, 9.17) is 4.74 Å². The van der Waals surface area contributed by atoms with Crippen LogP contribution < -0.4 is 4.74 Å². The molecule has 4 heteroatoms. The van der Waals surface area contributed by atoms with Gasteiger partial charge in [-0.3, -0.25) is 0 Å². The van der Waals surface area contributed by atoms with Gasteiger partial charge in [0, 0.05) is 16.3 Å². The lowest BCUT2D eigenvalue weighted by molar-refractivity contribution is 0.0730. The Morgan fingerprint density at radius 2 is 1.41 bits per heavy atom. The molecule has 0 aliphatic rings. The van der Waals surface area contributed by atoms with Gasteiger partial charge in [0.1, 0.15) is 22.8 Å². The number of carbonyl (C=O) groups excluding carboxylic acids is 1. The van der Waals surface area contributed by atoms with Crippen molar-refractivity contribution in [3.63, 3.8) is 0 Å². The van der Waals surface area contributed by atoms with E-state index in [0.29, 0.717) is 16.5 Å². The molecule has 22 heavy (non-hydrogen) atoms. The van der Waals surface area contributed by atoms with Crippen LogP contribution in [0.2, 0.25) is 0 Å². The minimum absolute atomic E-state index is 0.0277. The average molecular weight is 294 g/mol. The van der Waals surface area contributed by atoms with E-state index in [2.05, 4.69) is 0 Å². The second-order valence-corrected chi connectivity index (χ2v) is 4.95. The summed E-state index contributed by atoms with van der Waals surface area (Å²) in [5.74, 6) is -0.554. The standard InChI is InChI=1S/C18H14O4/c1-11-15(18(21)22-12-7-3-2-4-8-12)17(20)14-10-6-5-9-13(14)16(11)19/h2-10,19-20H,1H3. The highest BCUT2D eigenvalue weighted by atomic mass is 16.5. The van der Waals surface area contributed by atoms with Crippen LogP contribution in [0.1, 0.15) is 15.9 Å². The normalized spacial score (nSPS) is 10.6. The molecular weight excluding hydrogens is 280 g/mol. The Morgan fingerprint density at radius 1 is 0.864 bits per heavy atom. The summed E-state index contributed by atoms with van der Waals surface area (Å²) in [7, 11) is 0. The molecule has 0 aliphatic carbocycles. The molecule has 0 aromatic heterocycles. The second kappa shape index (κ2) is 5.41. The smallest absolute Gasteiger partial charge is 0.347 e. The number of fused-ring (bicyclic) bond motifs is 1. The zero-order valence-electron chi connectivity index (χ0n) is 11.9. The average Bonchev–Trinajstić information content (AvgIpc) is 2.54. The Balaban J connectivity index is 2.12. The first kappa shape index (κ1) is 13.9. The zero-order valence-corrected chi connectivity index (χ0v) is 11.9. The summed E-state index contributed by atoms with van der Waals surface area (Å²) in [6, 6.07) is 15.4. The van der Waals surface area contributed by atoms with E-state index in [1.54, 1.807) is 55.5 Å². The van der Waals surface area contributed by atoms with Crippen LogP contribution in [-0.4, -0.2) is 16.2 Å². The van der Waals surface area contributed by atoms with Crippen molar-refractivity contribution in [3.05, 3.63) is 65.7 Å². The van der Waals surface area contributed by atoms with E-state index in [1.807, 2.05) is 6.07 Å². The van der Waals surface area contributed by atoms with Gasteiger partial charge in [-0.05, 0) is 19.1 Å².